The smallest absolute Gasteiger partial charge is 0.226 e. The van der Waals surface area contributed by atoms with Crippen molar-refractivity contribution in [3.05, 3.63) is 42.5 Å². The first-order valence-electron chi connectivity index (χ1n) is 9.02. The summed E-state index contributed by atoms with van der Waals surface area (Å²) in [4.78, 5) is 26.1. The summed E-state index contributed by atoms with van der Waals surface area (Å²) in [5, 5.41) is 2.81. The minimum atomic E-state index is -0.233. The van der Waals surface area contributed by atoms with Crippen molar-refractivity contribution in [3.63, 3.8) is 0 Å². The van der Waals surface area contributed by atoms with Gasteiger partial charge in [0.15, 0.2) is 0 Å². The number of anilines is 2. The van der Waals surface area contributed by atoms with Crippen LogP contribution in [0.5, 0.6) is 17.2 Å². The van der Waals surface area contributed by atoms with Gasteiger partial charge in [0.05, 0.1) is 32.2 Å². The molecular weight excluding hydrogens is 360 g/mol. The maximum atomic E-state index is 12.4. The number of hydrogen-bond acceptors (Lipinski definition) is 5. The number of benzene rings is 2. The Morgan fingerprint density at radius 1 is 1.04 bits per heavy atom. The predicted octanol–water partition coefficient (Wildman–Crippen LogP) is 3.48. The quantitative estimate of drug-likeness (QED) is 0.714. The monoisotopic (exact) mass is 386 g/mol. The Kier molecular flexibility index (Phi) is 7.68. The van der Waals surface area contributed by atoms with Gasteiger partial charge in [-0.3, -0.25) is 9.59 Å². The fraction of sp³-hybridized carbons (Fsp3) is 0.333. The molecule has 0 atom stereocenters. The van der Waals surface area contributed by atoms with Gasteiger partial charge in [-0.1, -0.05) is 12.1 Å². The van der Waals surface area contributed by atoms with Crippen molar-refractivity contribution in [1.29, 1.82) is 0 Å². The summed E-state index contributed by atoms with van der Waals surface area (Å²) in [6.45, 7) is 4.06. The number of para-hydroxylation sites is 2. The second-order valence-electron chi connectivity index (χ2n) is 5.94. The molecule has 0 heterocycles. The number of hydrogen-bond donors (Lipinski definition) is 1. The van der Waals surface area contributed by atoms with Crippen LogP contribution in [0.25, 0.3) is 0 Å². The Balaban J connectivity index is 2.08. The van der Waals surface area contributed by atoms with Crippen molar-refractivity contribution in [2.24, 2.45) is 0 Å². The van der Waals surface area contributed by atoms with E-state index in [4.69, 9.17) is 14.2 Å². The highest BCUT2D eigenvalue weighted by atomic mass is 16.5. The molecule has 0 bridgehead atoms. The van der Waals surface area contributed by atoms with E-state index >= 15 is 0 Å². The van der Waals surface area contributed by atoms with Gasteiger partial charge in [0.25, 0.3) is 0 Å². The van der Waals surface area contributed by atoms with Crippen LogP contribution in [0, 0.1) is 0 Å². The second kappa shape index (κ2) is 10.2. The predicted molar refractivity (Wildman–Crippen MR) is 108 cm³/mol. The molecule has 0 aliphatic heterocycles. The highest BCUT2D eigenvalue weighted by molar-refractivity contribution is 5.96. The third-order valence-corrected chi connectivity index (χ3v) is 4.08. The largest absolute Gasteiger partial charge is 0.497 e. The van der Waals surface area contributed by atoms with Crippen molar-refractivity contribution in [3.8, 4) is 17.2 Å². The summed E-state index contributed by atoms with van der Waals surface area (Å²) in [7, 11) is 3.08. The van der Waals surface area contributed by atoms with Crippen LogP contribution in [0.1, 0.15) is 20.3 Å². The van der Waals surface area contributed by atoms with Gasteiger partial charge in [-0.2, -0.15) is 0 Å². The van der Waals surface area contributed by atoms with Crippen LogP contribution in [0.2, 0.25) is 0 Å². The highest BCUT2D eigenvalue weighted by Crippen LogP contribution is 2.30. The number of ether oxygens (including phenoxy) is 3. The number of methoxy groups -OCH3 is 2. The van der Waals surface area contributed by atoms with Gasteiger partial charge >= 0.3 is 0 Å². The normalized spacial score (nSPS) is 10.1. The summed E-state index contributed by atoms with van der Waals surface area (Å²) in [5.74, 6) is 1.34. The maximum Gasteiger partial charge on any atom is 0.226 e. The van der Waals surface area contributed by atoms with Crippen molar-refractivity contribution >= 4 is 23.2 Å². The molecule has 7 heteroatoms. The van der Waals surface area contributed by atoms with Gasteiger partial charge < -0.3 is 24.4 Å². The molecule has 7 nitrogen and oxygen atoms in total. The van der Waals surface area contributed by atoms with Crippen molar-refractivity contribution in [2.45, 2.75) is 20.3 Å². The summed E-state index contributed by atoms with van der Waals surface area (Å²) < 4.78 is 16.0. The van der Waals surface area contributed by atoms with Gasteiger partial charge in [-0.15, -0.1) is 0 Å². The molecule has 28 heavy (non-hydrogen) atoms. The first-order chi connectivity index (χ1) is 13.5. The summed E-state index contributed by atoms with van der Waals surface area (Å²) in [6.07, 6.45) is 0.120. The molecule has 2 aromatic rings. The van der Waals surface area contributed by atoms with Crippen LogP contribution in [-0.4, -0.2) is 39.2 Å². The number of carbonyl (C=O) groups excluding carboxylic acids is 2. The molecule has 150 valence electrons. The van der Waals surface area contributed by atoms with E-state index in [2.05, 4.69) is 5.32 Å². The Bertz CT molecular complexity index is 822. The molecule has 0 unspecified atom stereocenters. The standard InChI is InChI=1S/C21H26N2O5/c1-5-28-19-9-7-6-8-18(19)23(15(2)24)13-12-21(25)22-17-11-10-16(26-3)14-20(17)27-4/h6-11,14H,5,12-13H2,1-4H3,(H,22,25). The fourth-order valence-electron chi connectivity index (χ4n) is 2.73. The van der Waals surface area contributed by atoms with Gasteiger partial charge in [0.1, 0.15) is 17.2 Å². The molecule has 0 spiro atoms. The van der Waals surface area contributed by atoms with Gasteiger partial charge in [0, 0.05) is 26.0 Å². The molecule has 2 rings (SSSR count). The zero-order valence-corrected chi connectivity index (χ0v) is 16.7. The SMILES string of the molecule is CCOc1ccccc1N(CCC(=O)Nc1ccc(OC)cc1OC)C(C)=O. The molecule has 0 aliphatic carbocycles. The Labute approximate surface area is 165 Å². The van der Waals surface area contributed by atoms with Gasteiger partial charge in [0.2, 0.25) is 11.8 Å². The number of nitrogens with zero attached hydrogens (tertiary/aromatic N) is 1. The number of amides is 2. The summed E-state index contributed by atoms with van der Waals surface area (Å²) in [6, 6.07) is 12.4. The van der Waals surface area contributed by atoms with Crippen LogP contribution < -0.4 is 24.4 Å². The first kappa shape index (κ1) is 21.1. The maximum absolute atomic E-state index is 12.4. The van der Waals surface area contributed by atoms with Crippen LogP contribution in [0.3, 0.4) is 0 Å². The van der Waals surface area contributed by atoms with E-state index < -0.39 is 0 Å². The second-order valence-corrected chi connectivity index (χ2v) is 5.94. The van der Waals surface area contributed by atoms with Crippen molar-refractivity contribution < 1.29 is 23.8 Å². The third-order valence-electron chi connectivity index (χ3n) is 4.08. The number of carbonyl (C=O) groups is 2. The summed E-state index contributed by atoms with van der Waals surface area (Å²) >= 11 is 0. The van der Waals surface area contributed by atoms with E-state index in [1.165, 1.54) is 18.9 Å². The van der Waals surface area contributed by atoms with Crippen LogP contribution in [-0.2, 0) is 9.59 Å². The fourth-order valence-corrected chi connectivity index (χ4v) is 2.73. The lowest BCUT2D eigenvalue weighted by molar-refractivity contribution is -0.117. The van der Waals surface area contributed by atoms with E-state index in [-0.39, 0.29) is 24.8 Å². The Morgan fingerprint density at radius 2 is 1.79 bits per heavy atom. The lowest BCUT2D eigenvalue weighted by Crippen LogP contribution is -2.32. The summed E-state index contributed by atoms with van der Waals surface area (Å²) in [5.41, 5.74) is 1.18. The Hall–Kier alpha value is -3.22. The third kappa shape index (κ3) is 5.39. The molecule has 0 fully saturated rings. The molecular formula is C21H26N2O5. The number of rotatable bonds is 9. The molecule has 0 saturated carbocycles. The van der Waals surface area contributed by atoms with E-state index in [0.717, 1.165) is 0 Å². The number of nitrogens with one attached hydrogen (secondary N) is 1. The zero-order chi connectivity index (χ0) is 20.5. The molecule has 0 aliphatic rings. The lowest BCUT2D eigenvalue weighted by Gasteiger charge is -2.23. The lowest BCUT2D eigenvalue weighted by atomic mass is 10.2. The van der Waals surface area contributed by atoms with Crippen LogP contribution >= 0.6 is 0 Å². The Morgan fingerprint density at radius 3 is 2.43 bits per heavy atom. The average Bonchev–Trinajstić information content (AvgIpc) is 2.69. The van der Waals surface area contributed by atoms with E-state index in [1.54, 1.807) is 37.4 Å². The van der Waals surface area contributed by atoms with Crippen LogP contribution in [0.4, 0.5) is 11.4 Å². The molecule has 2 amide bonds. The van der Waals surface area contributed by atoms with Gasteiger partial charge in [-0.05, 0) is 31.2 Å². The molecule has 0 saturated heterocycles. The average molecular weight is 386 g/mol. The van der Waals surface area contributed by atoms with E-state index in [0.29, 0.717) is 35.2 Å². The van der Waals surface area contributed by atoms with E-state index in [9.17, 15) is 9.59 Å². The molecule has 1 N–H and O–H groups in total. The first-order valence-corrected chi connectivity index (χ1v) is 9.02. The topological polar surface area (TPSA) is 77.1 Å². The van der Waals surface area contributed by atoms with Gasteiger partial charge in [-0.25, -0.2) is 0 Å². The highest BCUT2D eigenvalue weighted by Gasteiger charge is 2.18. The minimum Gasteiger partial charge on any atom is -0.497 e. The van der Waals surface area contributed by atoms with E-state index in [1.807, 2.05) is 19.1 Å². The molecule has 2 aromatic carbocycles. The zero-order valence-electron chi connectivity index (χ0n) is 16.7. The van der Waals surface area contributed by atoms with Crippen molar-refractivity contribution in [2.75, 3.05) is 37.6 Å². The van der Waals surface area contributed by atoms with Crippen LogP contribution in [0.15, 0.2) is 42.5 Å². The van der Waals surface area contributed by atoms with Crippen molar-refractivity contribution in [1.82, 2.24) is 0 Å². The molecule has 0 aromatic heterocycles. The molecule has 0 radical (unpaired) electrons. The minimum absolute atomic E-state index is 0.120.